The van der Waals surface area contributed by atoms with Crippen LogP contribution in [-0.2, 0) is 0 Å². The molecule has 19 heavy (non-hydrogen) atoms. The Morgan fingerprint density at radius 1 is 1.05 bits per heavy atom. The summed E-state index contributed by atoms with van der Waals surface area (Å²) in [6.07, 6.45) is 9.31. The maximum absolute atomic E-state index is 12.4. The van der Waals surface area contributed by atoms with Crippen LogP contribution in [0.1, 0.15) is 68.1 Å². The lowest BCUT2D eigenvalue weighted by molar-refractivity contribution is 0.0741. The van der Waals surface area contributed by atoms with Crippen LogP contribution < -0.4 is 0 Å². The molecule has 4 nitrogen and oxygen atoms in total. The lowest BCUT2D eigenvalue weighted by atomic mass is 10.1. The van der Waals surface area contributed by atoms with Gasteiger partial charge in [-0.05, 0) is 12.8 Å². The lowest BCUT2D eigenvalue weighted by Crippen LogP contribution is -2.34. The van der Waals surface area contributed by atoms with Gasteiger partial charge < -0.3 is 4.90 Å². The summed E-state index contributed by atoms with van der Waals surface area (Å²) in [7, 11) is 0. The number of amides is 1. The Labute approximate surface area is 115 Å². The standard InChI is InChI=1S/C15H23N3O/c1-12(2)14-16-10-13(11-17-14)15(19)18-8-6-4-3-5-7-9-18/h10-12H,3-9H2,1-2H3. The number of nitrogens with zero attached hydrogens (tertiary/aromatic N) is 3. The molecule has 1 fully saturated rings. The van der Waals surface area contributed by atoms with E-state index in [-0.39, 0.29) is 5.91 Å². The summed E-state index contributed by atoms with van der Waals surface area (Å²) in [4.78, 5) is 22.9. The molecule has 0 radical (unpaired) electrons. The first-order valence-electron chi connectivity index (χ1n) is 7.29. The van der Waals surface area contributed by atoms with Gasteiger partial charge in [-0.3, -0.25) is 4.79 Å². The van der Waals surface area contributed by atoms with Crippen LogP contribution in [0.25, 0.3) is 0 Å². The first kappa shape index (κ1) is 14.0. The highest BCUT2D eigenvalue weighted by molar-refractivity contribution is 5.93. The van der Waals surface area contributed by atoms with Crippen molar-refractivity contribution < 1.29 is 4.79 Å². The fraction of sp³-hybridized carbons (Fsp3) is 0.667. The van der Waals surface area contributed by atoms with Crippen molar-refractivity contribution >= 4 is 5.91 Å². The molecule has 104 valence electrons. The average molecular weight is 261 g/mol. The van der Waals surface area contributed by atoms with Crippen LogP contribution in [0.3, 0.4) is 0 Å². The van der Waals surface area contributed by atoms with Gasteiger partial charge >= 0.3 is 0 Å². The SMILES string of the molecule is CC(C)c1ncc(C(=O)N2CCCCCCC2)cn1. The Morgan fingerprint density at radius 3 is 2.11 bits per heavy atom. The second-order valence-corrected chi connectivity index (χ2v) is 5.54. The molecule has 1 aliphatic rings. The van der Waals surface area contributed by atoms with Gasteiger partial charge in [-0.2, -0.15) is 0 Å². The third-order valence-electron chi connectivity index (χ3n) is 3.58. The van der Waals surface area contributed by atoms with Gasteiger partial charge in [0, 0.05) is 31.4 Å². The lowest BCUT2D eigenvalue weighted by Gasteiger charge is -2.24. The number of likely N-dealkylation sites (tertiary alicyclic amines) is 1. The summed E-state index contributed by atoms with van der Waals surface area (Å²) in [5.74, 6) is 1.17. The smallest absolute Gasteiger partial charge is 0.256 e. The van der Waals surface area contributed by atoms with E-state index in [1.54, 1.807) is 12.4 Å². The molecular formula is C15H23N3O. The number of aromatic nitrogens is 2. The molecule has 1 aromatic rings. The second kappa shape index (κ2) is 6.64. The molecule has 4 heteroatoms. The van der Waals surface area contributed by atoms with Crippen molar-refractivity contribution in [2.75, 3.05) is 13.1 Å². The number of rotatable bonds is 2. The number of carbonyl (C=O) groups is 1. The van der Waals surface area contributed by atoms with Crippen molar-refractivity contribution in [1.82, 2.24) is 14.9 Å². The van der Waals surface area contributed by atoms with Crippen LogP contribution in [0.15, 0.2) is 12.4 Å². The highest BCUT2D eigenvalue weighted by atomic mass is 16.2. The normalized spacial score (nSPS) is 17.1. The van der Waals surface area contributed by atoms with Crippen molar-refractivity contribution in [2.45, 2.75) is 51.9 Å². The number of hydrogen-bond donors (Lipinski definition) is 0. The Balaban J connectivity index is 2.04. The predicted octanol–water partition coefficient (Wildman–Crippen LogP) is 3.01. The van der Waals surface area contributed by atoms with E-state index in [0.717, 1.165) is 31.8 Å². The van der Waals surface area contributed by atoms with Crippen molar-refractivity contribution in [3.8, 4) is 0 Å². The van der Waals surface area contributed by atoms with Crippen molar-refractivity contribution in [3.05, 3.63) is 23.8 Å². The van der Waals surface area contributed by atoms with E-state index in [4.69, 9.17) is 0 Å². The van der Waals surface area contributed by atoms with Crippen LogP contribution in [0.5, 0.6) is 0 Å². The van der Waals surface area contributed by atoms with E-state index in [0.29, 0.717) is 11.5 Å². The molecule has 0 spiro atoms. The summed E-state index contributed by atoms with van der Waals surface area (Å²) in [6.45, 7) is 5.83. The minimum atomic E-state index is 0.0807. The number of hydrogen-bond acceptors (Lipinski definition) is 3. The second-order valence-electron chi connectivity index (χ2n) is 5.54. The molecule has 2 rings (SSSR count). The van der Waals surface area contributed by atoms with Crippen molar-refractivity contribution in [1.29, 1.82) is 0 Å². The fourth-order valence-corrected chi connectivity index (χ4v) is 2.38. The molecule has 0 aliphatic carbocycles. The van der Waals surface area contributed by atoms with E-state index >= 15 is 0 Å². The quantitative estimate of drug-likeness (QED) is 0.822. The van der Waals surface area contributed by atoms with E-state index in [2.05, 4.69) is 23.8 Å². The molecule has 1 aromatic heterocycles. The summed E-state index contributed by atoms with van der Waals surface area (Å²) < 4.78 is 0. The summed E-state index contributed by atoms with van der Waals surface area (Å²) in [5, 5.41) is 0. The maximum Gasteiger partial charge on any atom is 0.256 e. The largest absolute Gasteiger partial charge is 0.339 e. The van der Waals surface area contributed by atoms with Gasteiger partial charge in [-0.1, -0.05) is 33.1 Å². The highest BCUT2D eigenvalue weighted by Crippen LogP contribution is 2.14. The van der Waals surface area contributed by atoms with E-state index < -0.39 is 0 Å². The van der Waals surface area contributed by atoms with Crippen LogP contribution in [0.4, 0.5) is 0 Å². The first-order valence-corrected chi connectivity index (χ1v) is 7.29. The molecule has 0 aromatic carbocycles. The third-order valence-corrected chi connectivity index (χ3v) is 3.58. The van der Waals surface area contributed by atoms with Crippen molar-refractivity contribution in [2.24, 2.45) is 0 Å². The van der Waals surface area contributed by atoms with Gasteiger partial charge in [0.2, 0.25) is 0 Å². The molecule has 0 saturated carbocycles. The zero-order chi connectivity index (χ0) is 13.7. The van der Waals surface area contributed by atoms with Gasteiger partial charge in [0.05, 0.1) is 5.56 Å². The van der Waals surface area contributed by atoms with Gasteiger partial charge in [-0.25, -0.2) is 9.97 Å². The Kier molecular flexibility index (Phi) is 4.88. The minimum Gasteiger partial charge on any atom is -0.339 e. The molecule has 0 N–H and O–H groups in total. The van der Waals surface area contributed by atoms with Crippen LogP contribution in [-0.4, -0.2) is 33.9 Å². The Hall–Kier alpha value is -1.45. The molecule has 1 amide bonds. The molecule has 0 bridgehead atoms. The topological polar surface area (TPSA) is 46.1 Å². The first-order chi connectivity index (χ1) is 9.18. The molecule has 1 aliphatic heterocycles. The summed E-state index contributed by atoms with van der Waals surface area (Å²) >= 11 is 0. The van der Waals surface area contributed by atoms with Crippen LogP contribution in [0, 0.1) is 0 Å². The Bertz CT molecular complexity index is 406. The van der Waals surface area contributed by atoms with Gasteiger partial charge in [0.25, 0.3) is 5.91 Å². The monoisotopic (exact) mass is 261 g/mol. The zero-order valence-corrected chi connectivity index (χ0v) is 11.9. The molecule has 0 atom stereocenters. The van der Waals surface area contributed by atoms with Crippen LogP contribution >= 0.6 is 0 Å². The summed E-state index contributed by atoms with van der Waals surface area (Å²) in [6, 6.07) is 0. The fourth-order valence-electron chi connectivity index (χ4n) is 2.38. The maximum atomic E-state index is 12.4. The summed E-state index contributed by atoms with van der Waals surface area (Å²) in [5.41, 5.74) is 0.616. The zero-order valence-electron chi connectivity index (χ0n) is 11.9. The molecule has 2 heterocycles. The van der Waals surface area contributed by atoms with E-state index in [9.17, 15) is 4.79 Å². The molecule has 1 saturated heterocycles. The van der Waals surface area contributed by atoms with Crippen LogP contribution in [0.2, 0.25) is 0 Å². The third kappa shape index (κ3) is 3.75. The van der Waals surface area contributed by atoms with E-state index in [1.807, 2.05) is 4.90 Å². The van der Waals surface area contributed by atoms with Gasteiger partial charge in [-0.15, -0.1) is 0 Å². The van der Waals surface area contributed by atoms with Gasteiger partial charge in [0.15, 0.2) is 0 Å². The van der Waals surface area contributed by atoms with Gasteiger partial charge in [0.1, 0.15) is 5.82 Å². The van der Waals surface area contributed by atoms with Crippen molar-refractivity contribution in [3.63, 3.8) is 0 Å². The van der Waals surface area contributed by atoms with E-state index in [1.165, 1.54) is 19.3 Å². The number of carbonyl (C=O) groups excluding carboxylic acids is 1. The Morgan fingerprint density at radius 2 is 1.58 bits per heavy atom. The highest BCUT2D eigenvalue weighted by Gasteiger charge is 2.17. The predicted molar refractivity (Wildman–Crippen MR) is 75.1 cm³/mol. The molecule has 0 unspecified atom stereocenters. The minimum absolute atomic E-state index is 0.0807. The average Bonchev–Trinajstić information content (AvgIpc) is 2.38. The molecular weight excluding hydrogens is 238 g/mol.